The monoisotopic (exact) mass is 958 g/mol. The molecule has 6 rings (SSSR count). The maximum Gasteiger partial charge on any atom is 0.337 e. The molecule has 0 aromatic heterocycles. The smallest absolute Gasteiger partial charge is 0.337 e. The fourth-order valence-corrected chi connectivity index (χ4v) is 7.11. The second kappa shape index (κ2) is 23.0. The van der Waals surface area contributed by atoms with E-state index in [1.165, 1.54) is 61.7 Å². The van der Waals surface area contributed by atoms with Crippen LogP contribution in [-0.4, -0.2) is 64.0 Å². The number of aromatic hydroxyl groups is 2. The molecule has 0 aliphatic heterocycles. The number of carboxylic acids is 1. The van der Waals surface area contributed by atoms with Gasteiger partial charge in [-0.15, -0.1) is 0 Å². The first-order valence-electron chi connectivity index (χ1n) is 19.2. The molecule has 0 bridgehead atoms. The van der Waals surface area contributed by atoms with E-state index in [0.29, 0.717) is 16.8 Å². The van der Waals surface area contributed by atoms with E-state index in [4.69, 9.17) is 56.2 Å². The molecule has 65 heavy (non-hydrogen) atoms. The van der Waals surface area contributed by atoms with Crippen LogP contribution in [0.1, 0.15) is 68.5 Å². The Hall–Kier alpha value is -7.10. The van der Waals surface area contributed by atoms with Gasteiger partial charge in [-0.3, -0.25) is 19.2 Å². The molecule has 0 fully saturated rings. The molecule has 4 amide bonds. The van der Waals surface area contributed by atoms with Crippen LogP contribution in [0.3, 0.4) is 0 Å². The number of methoxy groups -OCH3 is 1. The molecule has 7 N–H and O–H groups in total. The van der Waals surface area contributed by atoms with Gasteiger partial charge < -0.3 is 41.3 Å². The predicted molar refractivity (Wildman–Crippen MR) is 246 cm³/mol. The fourth-order valence-electron chi connectivity index (χ4n) is 6.01. The van der Waals surface area contributed by atoms with Crippen LogP contribution < -0.4 is 21.3 Å². The van der Waals surface area contributed by atoms with Crippen LogP contribution in [0, 0.1) is 0 Å². The standard InChI is InChI=1S/C32H26Cl3N3O6.C15H12ClNO4/c1-44-32(43)27(15-18-8-11-21(12-9-18)37-31(42)28-24(33)6-3-7-25(28)34)38-30(41)23-13-10-20(16-26(23)35)29(40)36-17-19-4-2-5-22(39)14-19;16-13-7-10(4-5-12(13)15(20)21)14(19)17-8-9-2-1-3-11(18)6-9/h2-14,16,27,39H,15,17H2,1H3,(H,36,40)(H,37,42)(H,38,41);1-7,18H,8H2,(H,17,19)(H,20,21). The highest BCUT2D eigenvalue weighted by molar-refractivity contribution is 6.40. The van der Waals surface area contributed by atoms with Crippen LogP contribution in [-0.2, 0) is 29.0 Å². The summed E-state index contributed by atoms with van der Waals surface area (Å²) in [5.74, 6) is -3.55. The third kappa shape index (κ3) is 13.9. The van der Waals surface area contributed by atoms with E-state index in [9.17, 15) is 39.0 Å². The number of hydrogen-bond donors (Lipinski definition) is 7. The Morgan fingerprint density at radius 3 is 1.51 bits per heavy atom. The third-order valence-electron chi connectivity index (χ3n) is 9.30. The van der Waals surface area contributed by atoms with Crippen LogP contribution in [0.2, 0.25) is 20.1 Å². The molecule has 0 spiro atoms. The van der Waals surface area contributed by atoms with Crippen molar-refractivity contribution in [2.24, 2.45) is 0 Å². The minimum Gasteiger partial charge on any atom is -0.508 e. The number of anilines is 1. The van der Waals surface area contributed by atoms with Gasteiger partial charge in [0.05, 0.1) is 43.9 Å². The van der Waals surface area contributed by atoms with Gasteiger partial charge in [0.1, 0.15) is 17.5 Å². The van der Waals surface area contributed by atoms with Crippen LogP contribution in [0.4, 0.5) is 5.69 Å². The molecule has 0 radical (unpaired) electrons. The van der Waals surface area contributed by atoms with Crippen molar-refractivity contribution in [3.05, 3.63) is 192 Å². The average Bonchev–Trinajstić information content (AvgIpc) is 3.27. The molecule has 0 saturated heterocycles. The Kier molecular flexibility index (Phi) is 17.3. The van der Waals surface area contributed by atoms with Crippen LogP contribution >= 0.6 is 46.4 Å². The summed E-state index contributed by atoms with van der Waals surface area (Å²) in [6, 6.07) is 31.5. The normalized spacial score (nSPS) is 10.9. The summed E-state index contributed by atoms with van der Waals surface area (Å²) in [5.41, 5.74) is 3.22. The van der Waals surface area contributed by atoms with Gasteiger partial charge in [-0.25, -0.2) is 9.59 Å². The van der Waals surface area contributed by atoms with Gasteiger partial charge in [-0.1, -0.05) is 88.9 Å². The van der Waals surface area contributed by atoms with Crippen molar-refractivity contribution in [3.63, 3.8) is 0 Å². The van der Waals surface area contributed by atoms with E-state index in [0.717, 1.165) is 5.56 Å². The highest BCUT2D eigenvalue weighted by atomic mass is 35.5. The zero-order valence-corrected chi connectivity index (χ0v) is 37.1. The Morgan fingerprint density at radius 1 is 0.554 bits per heavy atom. The van der Waals surface area contributed by atoms with Gasteiger partial charge in [0.25, 0.3) is 23.6 Å². The van der Waals surface area contributed by atoms with E-state index in [1.54, 1.807) is 72.8 Å². The number of amides is 4. The lowest BCUT2D eigenvalue weighted by Crippen LogP contribution is -2.43. The van der Waals surface area contributed by atoms with Crippen molar-refractivity contribution in [1.29, 1.82) is 0 Å². The topological polar surface area (TPSA) is 220 Å². The third-order valence-corrected chi connectivity index (χ3v) is 10.6. The Bertz CT molecular complexity index is 2730. The van der Waals surface area contributed by atoms with E-state index in [1.807, 2.05) is 0 Å². The predicted octanol–water partition coefficient (Wildman–Crippen LogP) is 8.72. The molecule has 0 aliphatic rings. The van der Waals surface area contributed by atoms with Crippen LogP contribution in [0.25, 0.3) is 0 Å². The number of halogens is 4. The minimum atomic E-state index is -1.15. The van der Waals surface area contributed by atoms with Gasteiger partial charge in [0, 0.05) is 36.3 Å². The number of esters is 1. The minimum absolute atomic E-state index is 0.00695. The van der Waals surface area contributed by atoms with E-state index in [-0.39, 0.29) is 84.8 Å². The SMILES string of the molecule is COC(=O)C(Cc1ccc(NC(=O)c2c(Cl)cccc2Cl)cc1)NC(=O)c1ccc(C(=O)NCc2cccc(O)c2)cc1Cl.O=C(NCc1cccc(O)c1)c1ccc(C(=O)O)c(Cl)c1. The second-order valence-electron chi connectivity index (χ2n) is 13.9. The van der Waals surface area contributed by atoms with Gasteiger partial charge in [-0.2, -0.15) is 0 Å². The lowest BCUT2D eigenvalue weighted by atomic mass is 10.0. The largest absolute Gasteiger partial charge is 0.508 e. The summed E-state index contributed by atoms with van der Waals surface area (Å²) in [7, 11) is 1.21. The summed E-state index contributed by atoms with van der Waals surface area (Å²) in [6.45, 7) is 0.419. The second-order valence-corrected chi connectivity index (χ2v) is 15.5. The first-order valence-corrected chi connectivity index (χ1v) is 20.7. The molecule has 18 heteroatoms. The van der Waals surface area contributed by atoms with Crippen molar-refractivity contribution in [2.75, 3.05) is 12.4 Å². The zero-order valence-electron chi connectivity index (χ0n) is 34.0. The van der Waals surface area contributed by atoms with Crippen LogP contribution in [0.15, 0.2) is 127 Å². The molecule has 0 aliphatic carbocycles. The maximum atomic E-state index is 13.1. The molecule has 1 atom stereocenters. The average molecular weight is 961 g/mol. The number of carbonyl (C=O) groups is 6. The highest BCUT2D eigenvalue weighted by Crippen LogP contribution is 2.26. The first-order chi connectivity index (χ1) is 31.0. The summed E-state index contributed by atoms with van der Waals surface area (Å²) < 4.78 is 4.88. The number of nitrogens with one attached hydrogen (secondary N) is 4. The number of phenolic OH excluding ortho intramolecular Hbond substituents is 2. The molecule has 0 heterocycles. The summed E-state index contributed by atoms with van der Waals surface area (Å²) in [4.78, 5) is 73.7. The number of rotatable bonds is 14. The highest BCUT2D eigenvalue weighted by Gasteiger charge is 2.25. The summed E-state index contributed by atoms with van der Waals surface area (Å²) in [6.07, 6.45) is 0.0795. The van der Waals surface area contributed by atoms with Crippen molar-refractivity contribution < 1.29 is 48.8 Å². The fraction of sp³-hybridized carbons (Fsp3) is 0.106. The molecular formula is C47H38Cl4N4O10. The van der Waals surface area contributed by atoms with Gasteiger partial charge in [-0.05, 0) is 102 Å². The quantitative estimate of drug-likeness (QED) is 0.0515. The molecule has 6 aromatic rings. The van der Waals surface area contributed by atoms with Crippen molar-refractivity contribution in [3.8, 4) is 11.5 Å². The van der Waals surface area contributed by atoms with Crippen molar-refractivity contribution >= 4 is 87.7 Å². The van der Waals surface area contributed by atoms with E-state index in [2.05, 4.69) is 21.3 Å². The van der Waals surface area contributed by atoms with E-state index < -0.39 is 35.7 Å². The zero-order chi connectivity index (χ0) is 47.2. The molecule has 0 saturated carbocycles. The number of benzene rings is 6. The Morgan fingerprint density at radius 2 is 1.05 bits per heavy atom. The molecule has 6 aromatic carbocycles. The lowest BCUT2D eigenvalue weighted by molar-refractivity contribution is -0.142. The van der Waals surface area contributed by atoms with Crippen molar-refractivity contribution in [1.82, 2.24) is 16.0 Å². The molecular weight excluding hydrogens is 922 g/mol. The Labute approximate surface area is 392 Å². The summed E-state index contributed by atoms with van der Waals surface area (Å²) >= 11 is 24.4. The number of hydrogen-bond acceptors (Lipinski definition) is 9. The van der Waals surface area contributed by atoms with Crippen molar-refractivity contribution in [2.45, 2.75) is 25.6 Å². The Balaban J connectivity index is 0.000000315. The number of ether oxygens (including phenoxy) is 1. The van der Waals surface area contributed by atoms with Gasteiger partial charge >= 0.3 is 11.9 Å². The van der Waals surface area contributed by atoms with Crippen LogP contribution in [0.5, 0.6) is 11.5 Å². The number of carbonyl (C=O) groups excluding carboxylic acids is 5. The molecule has 1 unspecified atom stereocenters. The lowest BCUT2D eigenvalue weighted by Gasteiger charge is -2.18. The summed E-state index contributed by atoms with van der Waals surface area (Å²) in [5, 5.41) is 39.0. The number of phenols is 2. The van der Waals surface area contributed by atoms with Gasteiger partial charge in [0.15, 0.2) is 0 Å². The first kappa shape index (κ1) is 48.9. The molecule has 334 valence electrons. The van der Waals surface area contributed by atoms with Gasteiger partial charge in [0.2, 0.25) is 0 Å². The number of aromatic carboxylic acids is 1. The maximum absolute atomic E-state index is 13.1. The number of carboxylic acid groups (broad SMARTS) is 1. The van der Waals surface area contributed by atoms with E-state index >= 15 is 0 Å². The molecule has 14 nitrogen and oxygen atoms in total.